The third-order valence-corrected chi connectivity index (χ3v) is 3.20. The number of anilines is 2. The lowest BCUT2D eigenvalue weighted by atomic mass is 9.84. The van der Waals surface area contributed by atoms with Gasteiger partial charge in [0.15, 0.2) is 11.6 Å². The third-order valence-electron chi connectivity index (χ3n) is 3.20. The molecular formula is C15H25FN2O2. The fourth-order valence-electron chi connectivity index (χ4n) is 2.00. The highest BCUT2D eigenvalue weighted by Crippen LogP contribution is 2.32. The minimum absolute atomic E-state index is 0.0229. The van der Waals surface area contributed by atoms with E-state index in [1.807, 2.05) is 0 Å². The zero-order chi connectivity index (χ0) is 15.3. The van der Waals surface area contributed by atoms with Gasteiger partial charge >= 0.3 is 0 Å². The van der Waals surface area contributed by atoms with Crippen molar-refractivity contribution in [2.45, 2.75) is 40.2 Å². The lowest BCUT2D eigenvalue weighted by Gasteiger charge is -2.32. The molecule has 114 valence electrons. The first-order valence-corrected chi connectivity index (χ1v) is 6.88. The zero-order valence-electron chi connectivity index (χ0n) is 12.7. The number of ether oxygens (including phenoxy) is 1. The van der Waals surface area contributed by atoms with E-state index in [0.717, 1.165) is 0 Å². The zero-order valence-corrected chi connectivity index (χ0v) is 12.7. The van der Waals surface area contributed by atoms with Crippen LogP contribution in [0.3, 0.4) is 0 Å². The number of nitrogens with two attached hydrogens (primary N) is 1. The van der Waals surface area contributed by atoms with E-state index in [0.29, 0.717) is 24.4 Å². The Hall–Kier alpha value is -1.49. The Morgan fingerprint density at radius 3 is 2.55 bits per heavy atom. The fraction of sp³-hybridized carbons (Fsp3) is 0.600. The van der Waals surface area contributed by atoms with Crippen molar-refractivity contribution in [1.29, 1.82) is 0 Å². The van der Waals surface area contributed by atoms with Crippen LogP contribution >= 0.6 is 0 Å². The van der Waals surface area contributed by atoms with Crippen molar-refractivity contribution in [1.82, 2.24) is 0 Å². The topological polar surface area (TPSA) is 67.5 Å². The summed E-state index contributed by atoms with van der Waals surface area (Å²) in [6.45, 7) is 8.48. The highest BCUT2D eigenvalue weighted by Gasteiger charge is 2.25. The minimum Gasteiger partial charge on any atom is -0.491 e. The normalized spacial score (nSPS) is 13.1. The molecule has 0 aliphatic rings. The van der Waals surface area contributed by atoms with Crippen LogP contribution in [0.1, 0.15) is 34.1 Å². The molecule has 4 nitrogen and oxygen atoms in total. The number of nitrogens with one attached hydrogen (secondary N) is 1. The van der Waals surface area contributed by atoms with Crippen LogP contribution < -0.4 is 15.8 Å². The molecule has 1 aromatic rings. The summed E-state index contributed by atoms with van der Waals surface area (Å²) in [4.78, 5) is 0. The van der Waals surface area contributed by atoms with Gasteiger partial charge in [0.2, 0.25) is 0 Å². The van der Waals surface area contributed by atoms with Crippen LogP contribution in [0, 0.1) is 11.2 Å². The maximum Gasteiger partial charge on any atom is 0.167 e. The van der Waals surface area contributed by atoms with Crippen LogP contribution in [0.25, 0.3) is 0 Å². The molecule has 0 saturated heterocycles. The molecule has 0 saturated carbocycles. The molecule has 0 fully saturated rings. The number of aliphatic hydroxyl groups is 1. The van der Waals surface area contributed by atoms with Crippen LogP contribution in [0.2, 0.25) is 0 Å². The third kappa shape index (κ3) is 4.27. The Kier molecular flexibility index (Phi) is 5.62. The van der Waals surface area contributed by atoms with Gasteiger partial charge in [0.25, 0.3) is 0 Å². The molecule has 0 amide bonds. The molecule has 1 atom stereocenters. The minimum atomic E-state index is -0.468. The molecule has 0 heterocycles. The number of hydrogen-bond donors (Lipinski definition) is 3. The van der Waals surface area contributed by atoms with E-state index < -0.39 is 5.82 Å². The first-order chi connectivity index (χ1) is 9.29. The van der Waals surface area contributed by atoms with Gasteiger partial charge in [0.05, 0.1) is 18.0 Å². The summed E-state index contributed by atoms with van der Waals surface area (Å²) in [5, 5.41) is 12.5. The highest BCUT2D eigenvalue weighted by molar-refractivity contribution is 5.69. The SMILES string of the molecule is CCOc1cc(NC(CCO)C(C)(C)C)c(N)cc1F. The van der Waals surface area contributed by atoms with E-state index in [2.05, 4.69) is 26.1 Å². The van der Waals surface area contributed by atoms with Crippen molar-refractivity contribution in [3.63, 3.8) is 0 Å². The molecule has 1 unspecified atom stereocenters. The first-order valence-electron chi connectivity index (χ1n) is 6.88. The van der Waals surface area contributed by atoms with E-state index in [-0.39, 0.29) is 23.8 Å². The number of nitrogen functional groups attached to an aromatic ring is 1. The average molecular weight is 284 g/mol. The monoisotopic (exact) mass is 284 g/mol. The molecule has 0 aliphatic heterocycles. The van der Waals surface area contributed by atoms with E-state index in [4.69, 9.17) is 10.5 Å². The summed E-state index contributed by atoms with van der Waals surface area (Å²) in [6, 6.07) is 2.85. The second-order valence-corrected chi connectivity index (χ2v) is 5.88. The molecule has 1 aromatic carbocycles. The van der Waals surface area contributed by atoms with Crippen LogP contribution in [0.4, 0.5) is 15.8 Å². The van der Waals surface area contributed by atoms with Crippen molar-refractivity contribution in [3.05, 3.63) is 17.9 Å². The standard InChI is InChI=1S/C15H25FN2O2/c1-5-20-13-9-12(11(17)8-10(13)16)18-14(6-7-19)15(2,3)4/h8-9,14,18-19H,5-7,17H2,1-4H3. The van der Waals surface area contributed by atoms with Crippen LogP contribution in [0.5, 0.6) is 5.75 Å². The fourth-order valence-corrected chi connectivity index (χ4v) is 2.00. The molecule has 0 aromatic heterocycles. The number of benzene rings is 1. The molecule has 4 N–H and O–H groups in total. The van der Waals surface area contributed by atoms with Crippen molar-refractivity contribution in [2.75, 3.05) is 24.3 Å². The van der Waals surface area contributed by atoms with Gasteiger partial charge in [0.1, 0.15) is 0 Å². The molecule has 5 heteroatoms. The second kappa shape index (κ2) is 6.79. The number of halogens is 1. The van der Waals surface area contributed by atoms with Gasteiger partial charge in [-0.05, 0) is 18.8 Å². The summed E-state index contributed by atoms with van der Waals surface area (Å²) in [7, 11) is 0. The van der Waals surface area contributed by atoms with Gasteiger partial charge in [-0.15, -0.1) is 0 Å². The highest BCUT2D eigenvalue weighted by atomic mass is 19.1. The predicted octanol–water partition coefficient (Wildman–Crippen LogP) is 3.02. The van der Waals surface area contributed by atoms with Crippen LogP contribution in [0.15, 0.2) is 12.1 Å². The lowest BCUT2D eigenvalue weighted by molar-refractivity contribution is 0.235. The van der Waals surface area contributed by atoms with Gasteiger partial charge in [-0.3, -0.25) is 0 Å². The second-order valence-electron chi connectivity index (χ2n) is 5.88. The summed E-state index contributed by atoms with van der Waals surface area (Å²) in [6.07, 6.45) is 0.588. The van der Waals surface area contributed by atoms with Gasteiger partial charge in [0, 0.05) is 24.8 Å². The Balaban J connectivity index is 3.03. The maximum atomic E-state index is 13.7. The first kappa shape index (κ1) is 16.6. The Labute approximate surface area is 120 Å². The molecule has 1 rings (SSSR count). The Morgan fingerprint density at radius 1 is 1.40 bits per heavy atom. The van der Waals surface area contributed by atoms with Gasteiger partial charge in [-0.25, -0.2) is 4.39 Å². The quantitative estimate of drug-likeness (QED) is 0.702. The van der Waals surface area contributed by atoms with Crippen LogP contribution in [-0.2, 0) is 0 Å². The largest absolute Gasteiger partial charge is 0.491 e. The summed E-state index contributed by atoms with van der Waals surface area (Å²) >= 11 is 0. The summed E-state index contributed by atoms with van der Waals surface area (Å²) in [5.74, 6) is -0.287. The van der Waals surface area contributed by atoms with Crippen molar-refractivity contribution >= 4 is 11.4 Å². The van der Waals surface area contributed by atoms with E-state index >= 15 is 0 Å². The maximum absolute atomic E-state index is 13.7. The van der Waals surface area contributed by atoms with E-state index in [9.17, 15) is 9.50 Å². The molecule has 0 spiro atoms. The van der Waals surface area contributed by atoms with Gasteiger partial charge in [-0.1, -0.05) is 20.8 Å². The molecular weight excluding hydrogens is 259 g/mol. The molecule has 0 bridgehead atoms. The Morgan fingerprint density at radius 2 is 2.05 bits per heavy atom. The number of hydrogen-bond acceptors (Lipinski definition) is 4. The van der Waals surface area contributed by atoms with E-state index in [1.54, 1.807) is 13.0 Å². The van der Waals surface area contributed by atoms with E-state index in [1.165, 1.54) is 6.07 Å². The van der Waals surface area contributed by atoms with Gasteiger partial charge in [-0.2, -0.15) is 0 Å². The average Bonchev–Trinajstić information content (AvgIpc) is 2.33. The van der Waals surface area contributed by atoms with Crippen molar-refractivity contribution in [3.8, 4) is 5.75 Å². The molecule has 0 aliphatic carbocycles. The predicted molar refractivity (Wildman–Crippen MR) is 80.5 cm³/mol. The molecule has 0 radical (unpaired) electrons. The number of aliphatic hydroxyl groups excluding tert-OH is 1. The lowest BCUT2D eigenvalue weighted by Crippen LogP contribution is -2.35. The van der Waals surface area contributed by atoms with Crippen molar-refractivity contribution < 1.29 is 14.2 Å². The molecule has 20 heavy (non-hydrogen) atoms. The summed E-state index contributed by atoms with van der Waals surface area (Å²) < 4.78 is 18.9. The number of rotatable bonds is 6. The summed E-state index contributed by atoms with van der Waals surface area (Å²) in [5.41, 5.74) is 6.75. The van der Waals surface area contributed by atoms with Crippen LogP contribution in [-0.4, -0.2) is 24.4 Å². The van der Waals surface area contributed by atoms with Crippen molar-refractivity contribution in [2.24, 2.45) is 5.41 Å². The smallest absolute Gasteiger partial charge is 0.167 e. The van der Waals surface area contributed by atoms with Gasteiger partial charge < -0.3 is 20.9 Å². The Bertz CT molecular complexity index is 444.